The molecule has 0 aromatic heterocycles. The minimum Gasteiger partial charge on any atom is -0.466 e. The topological polar surface area (TPSA) is 142 Å². The van der Waals surface area contributed by atoms with Crippen LogP contribution in [-0.2, 0) is 25.5 Å². The number of hydrogen-bond donors (Lipinski definition) is 2. The number of non-ortho nitro benzene ring substituents is 1. The average Bonchev–Trinajstić information content (AvgIpc) is 2.75. The molecule has 0 fully saturated rings. The minimum atomic E-state index is -1.19. The molecule has 3 N–H and O–H groups in total. The summed E-state index contributed by atoms with van der Waals surface area (Å²) in [5.74, 6) is -2.63. The zero-order chi connectivity index (χ0) is 22.8. The molecule has 2 rings (SSSR count). The first kappa shape index (κ1) is 23.5. The van der Waals surface area contributed by atoms with Crippen LogP contribution in [-0.4, -0.2) is 35.4 Å². The number of ether oxygens (including phenoxy) is 1. The summed E-state index contributed by atoms with van der Waals surface area (Å²) < 4.78 is 4.98. The molecule has 2 amide bonds. The second kappa shape index (κ2) is 11.4. The van der Waals surface area contributed by atoms with Crippen molar-refractivity contribution < 1.29 is 24.0 Å². The lowest BCUT2D eigenvalue weighted by Crippen LogP contribution is -2.48. The highest BCUT2D eigenvalue weighted by molar-refractivity contribution is 5.88. The lowest BCUT2D eigenvalue weighted by Gasteiger charge is -2.25. The highest BCUT2D eigenvalue weighted by Crippen LogP contribution is 2.26. The Balaban J connectivity index is 2.21. The number of aryl methyl sites for hydroxylation is 1. The molecule has 9 nitrogen and oxygen atoms in total. The van der Waals surface area contributed by atoms with Gasteiger partial charge in [0.05, 0.1) is 18.0 Å². The maximum atomic E-state index is 12.5. The van der Waals surface area contributed by atoms with Crippen LogP contribution >= 0.6 is 0 Å². The van der Waals surface area contributed by atoms with Crippen molar-refractivity contribution in [3.63, 3.8) is 0 Å². The van der Waals surface area contributed by atoms with Crippen LogP contribution in [0.3, 0.4) is 0 Å². The van der Waals surface area contributed by atoms with Gasteiger partial charge in [-0.1, -0.05) is 42.5 Å². The summed E-state index contributed by atoms with van der Waals surface area (Å²) in [5.41, 5.74) is 6.82. The molecule has 0 spiro atoms. The third-order valence-electron chi connectivity index (χ3n) is 4.73. The SMILES string of the molecule is CCOC(=O)C[C@@H](c1ccc([N+](=O)[O-])cc1)[C@@H](NC(=O)CCc1ccccc1)C(N)=O. The number of nitro benzene ring substituents is 1. The smallest absolute Gasteiger partial charge is 0.306 e. The van der Waals surface area contributed by atoms with Crippen molar-refractivity contribution >= 4 is 23.5 Å². The number of amides is 2. The average molecular weight is 427 g/mol. The molecule has 0 saturated carbocycles. The van der Waals surface area contributed by atoms with E-state index in [1.165, 1.54) is 24.3 Å². The minimum absolute atomic E-state index is 0.125. The number of rotatable bonds is 11. The fraction of sp³-hybridized carbons (Fsp3) is 0.318. The molecule has 0 heterocycles. The molecule has 0 aliphatic carbocycles. The van der Waals surface area contributed by atoms with E-state index in [0.717, 1.165) is 5.56 Å². The normalized spacial score (nSPS) is 12.4. The van der Waals surface area contributed by atoms with Gasteiger partial charge in [-0.15, -0.1) is 0 Å². The molecule has 0 radical (unpaired) electrons. The first-order valence-corrected chi connectivity index (χ1v) is 9.84. The van der Waals surface area contributed by atoms with Gasteiger partial charge in [-0.3, -0.25) is 24.5 Å². The van der Waals surface area contributed by atoms with Gasteiger partial charge in [-0.05, 0) is 24.5 Å². The maximum absolute atomic E-state index is 12.5. The third-order valence-corrected chi connectivity index (χ3v) is 4.73. The molecule has 164 valence electrons. The summed E-state index contributed by atoms with van der Waals surface area (Å²) >= 11 is 0. The van der Waals surface area contributed by atoms with Crippen LogP contribution in [0.2, 0.25) is 0 Å². The molecule has 0 aliphatic heterocycles. The predicted octanol–water partition coefficient (Wildman–Crippen LogP) is 2.23. The number of nitrogens with one attached hydrogen (secondary N) is 1. The van der Waals surface area contributed by atoms with Gasteiger partial charge in [-0.2, -0.15) is 0 Å². The number of esters is 1. The van der Waals surface area contributed by atoms with E-state index in [1.54, 1.807) is 6.92 Å². The molecule has 0 bridgehead atoms. The van der Waals surface area contributed by atoms with Gasteiger partial charge in [0.15, 0.2) is 0 Å². The highest BCUT2D eigenvalue weighted by Gasteiger charge is 2.32. The van der Waals surface area contributed by atoms with E-state index in [1.807, 2.05) is 30.3 Å². The number of hydrogen-bond acceptors (Lipinski definition) is 6. The largest absolute Gasteiger partial charge is 0.466 e. The van der Waals surface area contributed by atoms with Gasteiger partial charge >= 0.3 is 5.97 Å². The Morgan fingerprint density at radius 2 is 1.74 bits per heavy atom. The lowest BCUT2D eigenvalue weighted by atomic mass is 9.87. The number of nitrogens with zero attached hydrogens (tertiary/aromatic N) is 1. The Morgan fingerprint density at radius 3 is 2.29 bits per heavy atom. The highest BCUT2D eigenvalue weighted by atomic mass is 16.6. The molecule has 2 aromatic carbocycles. The summed E-state index contributed by atoms with van der Waals surface area (Å²) in [6.07, 6.45) is 0.372. The van der Waals surface area contributed by atoms with E-state index >= 15 is 0 Å². The van der Waals surface area contributed by atoms with Crippen LogP contribution in [0.15, 0.2) is 54.6 Å². The quantitative estimate of drug-likeness (QED) is 0.320. The van der Waals surface area contributed by atoms with Crippen LogP contribution in [0.1, 0.15) is 36.8 Å². The number of primary amides is 1. The molecule has 2 aromatic rings. The van der Waals surface area contributed by atoms with Crippen LogP contribution in [0.4, 0.5) is 5.69 Å². The molecule has 2 atom stereocenters. The van der Waals surface area contributed by atoms with Crippen molar-refractivity contribution in [2.45, 2.75) is 38.1 Å². The Kier molecular flexibility index (Phi) is 8.68. The van der Waals surface area contributed by atoms with Crippen LogP contribution < -0.4 is 11.1 Å². The Morgan fingerprint density at radius 1 is 1.10 bits per heavy atom. The van der Waals surface area contributed by atoms with Crippen molar-refractivity contribution in [2.24, 2.45) is 5.73 Å². The Labute approximate surface area is 179 Å². The van der Waals surface area contributed by atoms with Crippen molar-refractivity contribution in [3.8, 4) is 0 Å². The van der Waals surface area contributed by atoms with Crippen molar-refractivity contribution in [3.05, 3.63) is 75.8 Å². The summed E-state index contributed by atoms with van der Waals surface area (Å²) in [7, 11) is 0. The number of carbonyl (C=O) groups is 3. The van der Waals surface area contributed by atoms with E-state index in [9.17, 15) is 24.5 Å². The number of carbonyl (C=O) groups excluding carboxylic acids is 3. The van der Waals surface area contributed by atoms with Gasteiger partial charge in [0.25, 0.3) is 5.69 Å². The van der Waals surface area contributed by atoms with Crippen LogP contribution in [0.25, 0.3) is 0 Å². The van der Waals surface area contributed by atoms with E-state index in [-0.39, 0.29) is 25.1 Å². The lowest BCUT2D eigenvalue weighted by molar-refractivity contribution is -0.384. The van der Waals surface area contributed by atoms with Gasteiger partial charge < -0.3 is 15.8 Å². The van der Waals surface area contributed by atoms with E-state index in [2.05, 4.69) is 5.32 Å². The molecular formula is C22H25N3O6. The maximum Gasteiger partial charge on any atom is 0.306 e. The van der Waals surface area contributed by atoms with Gasteiger partial charge in [0.1, 0.15) is 6.04 Å². The number of nitrogens with two attached hydrogens (primary N) is 1. The zero-order valence-electron chi connectivity index (χ0n) is 17.2. The monoisotopic (exact) mass is 427 g/mol. The Bertz CT molecular complexity index is 915. The van der Waals surface area contributed by atoms with E-state index < -0.39 is 34.7 Å². The summed E-state index contributed by atoms with van der Waals surface area (Å²) in [6.45, 7) is 1.80. The first-order chi connectivity index (χ1) is 14.8. The third kappa shape index (κ3) is 7.22. The fourth-order valence-corrected chi connectivity index (χ4v) is 3.19. The zero-order valence-corrected chi connectivity index (χ0v) is 17.2. The van der Waals surface area contributed by atoms with E-state index in [4.69, 9.17) is 10.5 Å². The second-order valence-corrected chi connectivity index (χ2v) is 6.90. The van der Waals surface area contributed by atoms with Gasteiger partial charge in [-0.25, -0.2) is 0 Å². The van der Waals surface area contributed by atoms with E-state index in [0.29, 0.717) is 12.0 Å². The molecule has 31 heavy (non-hydrogen) atoms. The molecular weight excluding hydrogens is 402 g/mol. The fourth-order valence-electron chi connectivity index (χ4n) is 3.19. The van der Waals surface area contributed by atoms with Crippen molar-refractivity contribution in [2.75, 3.05) is 6.61 Å². The van der Waals surface area contributed by atoms with Gasteiger partial charge in [0, 0.05) is 24.5 Å². The predicted molar refractivity (Wildman–Crippen MR) is 113 cm³/mol. The van der Waals surface area contributed by atoms with Crippen LogP contribution in [0, 0.1) is 10.1 Å². The number of nitro groups is 1. The van der Waals surface area contributed by atoms with Gasteiger partial charge in [0.2, 0.25) is 11.8 Å². The molecule has 0 saturated heterocycles. The molecule has 9 heteroatoms. The second-order valence-electron chi connectivity index (χ2n) is 6.90. The first-order valence-electron chi connectivity index (χ1n) is 9.84. The van der Waals surface area contributed by atoms with Crippen molar-refractivity contribution in [1.82, 2.24) is 5.32 Å². The summed E-state index contributed by atoms with van der Waals surface area (Å²) in [4.78, 5) is 47.2. The molecule has 0 unspecified atom stereocenters. The summed E-state index contributed by atoms with van der Waals surface area (Å²) in [6, 6.07) is 13.6. The van der Waals surface area contributed by atoms with Crippen molar-refractivity contribution in [1.29, 1.82) is 0 Å². The summed E-state index contributed by atoms with van der Waals surface area (Å²) in [5, 5.41) is 13.5. The van der Waals surface area contributed by atoms with Crippen LogP contribution in [0.5, 0.6) is 0 Å². The molecule has 0 aliphatic rings. The number of benzene rings is 2. The Hall–Kier alpha value is -3.75. The standard InChI is InChI=1S/C22H25N3O6/c1-2-31-20(27)14-18(16-9-11-17(12-10-16)25(29)30)21(22(23)28)24-19(26)13-8-15-6-4-3-5-7-15/h3-7,9-12,18,21H,2,8,13-14H2,1H3,(H2,23,28)(H,24,26)/t18-,21+/m0/s1.